The molecule has 1 saturated heterocycles. The Morgan fingerprint density at radius 1 is 1.38 bits per heavy atom. The third kappa shape index (κ3) is 4.48. The highest BCUT2D eigenvalue weighted by Gasteiger charge is 2.24. The number of carbonyl (C=O) groups excluding carboxylic acids is 2. The van der Waals surface area contributed by atoms with Gasteiger partial charge in [0.2, 0.25) is 5.91 Å². The fraction of sp³-hybridized carbons (Fsp3) is 0.467. The number of carbonyl (C=O) groups is 2. The molecule has 4 nitrogen and oxygen atoms in total. The highest BCUT2D eigenvalue weighted by Crippen LogP contribution is 2.24. The molecular formula is C15H19BrN2O2S. The van der Waals surface area contributed by atoms with Crippen LogP contribution in [-0.2, 0) is 4.79 Å². The van der Waals surface area contributed by atoms with Gasteiger partial charge in [0.05, 0.1) is 5.56 Å². The van der Waals surface area contributed by atoms with Crippen molar-refractivity contribution in [3.8, 4) is 0 Å². The Morgan fingerprint density at radius 2 is 2.05 bits per heavy atom. The second-order valence-electron chi connectivity index (χ2n) is 5.34. The molecule has 2 rings (SSSR count). The van der Waals surface area contributed by atoms with Crippen LogP contribution in [0.5, 0.6) is 0 Å². The van der Waals surface area contributed by atoms with E-state index in [1.165, 1.54) is 6.92 Å². The van der Waals surface area contributed by atoms with Gasteiger partial charge in [-0.15, -0.1) is 12.6 Å². The van der Waals surface area contributed by atoms with Gasteiger partial charge in [-0.2, -0.15) is 0 Å². The lowest BCUT2D eigenvalue weighted by atomic mass is 9.96. The maximum absolute atomic E-state index is 12.5. The summed E-state index contributed by atoms with van der Waals surface area (Å²) in [7, 11) is 0. The van der Waals surface area contributed by atoms with Crippen LogP contribution in [-0.4, -0.2) is 36.3 Å². The third-order valence-corrected chi connectivity index (χ3v) is 4.69. The van der Waals surface area contributed by atoms with Crippen LogP contribution < -0.4 is 5.32 Å². The summed E-state index contributed by atoms with van der Waals surface area (Å²) in [4.78, 5) is 26.1. The first-order chi connectivity index (χ1) is 9.97. The van der Waals surface area contributed by atoms with E-state index in [0.717, 1.165) is 35.3 Å². The van der Waals surface area contributed by atoms with Gasteiger partial charge in [-0.1, -0.05) is 0 Å². The third-order valence-electron chi connectivity index (χ3n) is 3.72. The van der Waals surface area contributed by atoms with Crippen molar-refractivity contribution >= 4 is 40.4 Å². The maximum Gasteiger partial charge on any atom is 0.255 e. The zero-order valence-corrected chi connectivity index (χ0v) is 14.4. The zero-order valence-electron chi connectivity index (χ0n) is 11.9. The number of halogens is 1. The topological polar surface area (TPSA) is 49.4 Å². The fourth-order valence-electron chi connectivity index (χ4n) is 2.48. The summed E-state index contributed by atoms with van der Waals surface area (Å²) in [5.74, 6) is 0.497. The molecule has 0 bridgehead atoms. The summed E-state index contributed by atoms with van der Waals surface area (Å²) in [5, 5.41) is 2.85. The molecule has 114 valence electrons. The molecule has 0 aliphatic carbocycles. The van der Waals surface area contributed by atoms with E-state index >= 15 is 0 Å². The van der Waals surface area contributed by atoms with Gasteiger partial charge in [-0.05, 0) is 52.9 Å². The van der Waals surface area contributed by atoms with Crippen LogP contribution >= 0.6 is 28.6 Å². The highest BCUT2D eigenvalue weighted by molar-refractivity contribution is 9.10. The quantitative estimate of drug-likeness (QED) is 0.803. The number of nitrogens with one attached hydrogen (secondary N) is 1. The van der Waals surface area contributed by atoms with Gasteiger partial charge >= 0.3 is 0 Å². The minimum atomic E-state index is 0.00281. The normalized spacial score (nSPS) is 15.9. The maximum atomic E-state index is 12.5. The van der Waals surface area contributed by atoms with E-state index in [1.54, 1.807) is 6.07 Å². The molecule has 1 aromatic carbocycles. The Bertz CT molecular complexity index is 542. The van der Waals surface area contributed by atoms with Crippen molar-refractivity contribution in [2.45, 2.75) is 24.7 Å². The van der Waals surface area contributed by atoms with Crippen molar-refractivity contribution in [1.82, 2.24) is 10.2 Å². The molecule has 0 radical (unpaired) electrons. The largest absolute Gasteiger partial charge is 0.356 e. The van der Waals surface area contributed by atoms with Gasteiger partial charge in [-0.25, -0.2) is 0 Å². The number of hydrogen-bond donors (Lipinski definition) is 2. The van der Waals surface area contributed by atoms with Gasteiger partial charge in [0, 0.05) is 35.9 Å². The van der Waals surface area contributed by atoms with Crippen molar-refractivity contribution in [1.29, 1.82) is 0 Å². The monoisotopic (exact) mass is 370 g/mol. The summed E-state index contributed by atoms with van der Waals surface area (Å²) in [6, 6.07) is 5.49. The standard InChI is InChI=1S/C15H19BrN2O2S/c1-10(19)17-9-11-4-6-18(7-5-11)15(20)13-8-12(21)2-3-14(13)16/h2-3,8,11,21H,4-7,9H2,1H3,(H,17,19). The summed E-state index contributed by atoms with van der Waals surface area (Å²) >= 11 is 7.71. The van der Waals surface area contributed by atoms with Crippen molar-refractivity contribution in [3.63, 3.8) is 0 Å². The van der Waals surface area contributed by atoms with E-state index < -0.39 is 0 Å². The minimum absolute atomic E-state index is 0.00281. The predicted molar refractivity (Wildman–Crippen MR) is 88.7 cm³/mol. The van der Waals surface area contributed by atoms with E-state index in [1.807, 2.05) is 17.0 Å². The number of piperidine rings is 1. The molecule has 21 heavy (non-hydrogen) atoms. The second-order valence-corrected chi connectivity index (χ2v) is 6.71. The second kappa shape index (κ2) is 7.31. The van der Waals surface area contributed by atoms with Crippen LogP contribution in [0.4, 0.5) is 0 Å². The number of amides is 2. The summed E-state index contributed by atoms with van der Waals surface area (Å²) in [6.07, 6.45) is 1.84. The first-order valence-electron chi connectivity index (χ1n) is 6.99. The fourth-order valence-corrected chi connectivity index (χ4v) is 3.10. The zero-order chi connectivity index (χ0) is 15.4. The van der Waals surface area contributed by atoms with Crippen molar-refractivity contribution < 1.29 is 9.59 Å². The van der Waals surface area contributed by atoms with Gasteiger partial charge in [0.25, 0.3) is 5.91 Å². The number of benzene rings is 1. The lowest BCUT2D eigenvalue weighted by Gasteiger charge is -2.32. The summed E-state index contributed by atoms with van der Waals surface area (Å²) in [5.41, 5.74) is 0.655. The molecule has 1 fully saturated rings. The number of rotatable bonds is 3. The minimum Gasteiger partial charge on any atom is -0.356 e. The van der Waals surface area contributed by atoms with E-state index in [-0.39, 0.29) is 11.8 Å². The molecule has 0 aromatic heterocycles. The predicted octanol–water partition coefficient (Wildman–Crippen LogP) is 2.73. The molecule has 0 spiro atoms. The number of hydrogen-bond acceptors (Lipinski definition) is 3. The van der Waals surface area contributed by atoms with E-state index in [9.17, 15) is 9.59 Å². The average molecular weight is 371 g/mol. The molecular weight excluding hydrogens is 352 g/mol. The molecule has 1 aliphatic rings. The first kappa shape index (κ1) is 16.4. The Hall–Kier alpha value is -1.01. The molecule has 1 aliphatic heterocycles. The number of nitrogens with zero attached hydrogens (tertiary/aromatic N) is 1. The lowest BCUT2D eigenvalue weighted by molar-refractivity contribution is -0.119. The Kier molecular flexibility index (Phi) is 5.70. The first-order valence-corrected chi connectivity index (χ1v) is 8.23. The average Bonchev–Trinajstić information content (AvgIpc) is 2.47. The van der Waals surface area contributed by atoms with Crippen LogP contribution in [0.2, 0.25) is 0 Å². The van der Waals surface area contributed by atoms with Crippen molar-refractivity contribution in [3.05, 3.63) is 28.2 Å². The molecule has 1 heterocycles. The molecule has 0 atom stereocenters. The molecule has 0 unspecified atom stereocenters. The number of thiol groups is 1. The van der Waals surface area contributed by atoms with Crippen LogP contribution in [0.3, 0.4) is 0 Å². The highest BCUT2D eigenvalue weighted by atomic mass is 79.9. The SMILES string of the molecule is CC(=O)NCC1CCN(C(=O)c2cc(S)ccc2Br)CC1. The van der Waals surface area contributed by atoms with Crippen LogP contribution in [0.25, 0.3) is 0 Å². The molecule has 6 heteroatoms. The van der Waals surface area contributed by atoms with Crippen LogP contribution in [0.15, 0.2) is 27.6 Å². The van der Waals surface area contributed by atoms with E-state index in [0.29, 0.717) is 18.0 Å². The van der Waals surface area contributed by atoms with Gasteiger partial charge in [0.15, 0.2) is 0 Å². The van der Waals surface area contributed by atoms with Gasteiger partial charge in [0.1, 0.15) is 0 Å². The Labute approximate surface area is 138 Å². The van der Waals surface area contributed by atoms with Crippen LogP contribution in [0.1, 0.15) is 30.1 Å². The molecule has 1 aromatic rings. The van der Waals surface area contributed by atoms with Crippen LogP contribution in [0, 0.1) is 5.92 Å². The molecule has 0 saturated carbocycles. The lowest BCUT2D eigenvalue weighted by Crippen LogP contribution is -2.41. The summed E-state index contributed by atoms with van der Waals surface area (Å²) in [6.45, 7) is 3.69. The molecule has 2 amide bonds. The van der Waals surface area contributed by atoms with Crippen molar-refractivity contribution in [2.75, 3.05) is 19.6 Å². The summed E-state index contributed by atoms with van der Waals surface area (Å²) < 4.78 is 0.797. The van der Waals surface area contributed by atoms with E-state index in [4.69, 9.17) is 0 Å². The number of likely N-dealkylation sites (tertiary alicyclic amines) is 1. The van der Waals surface area contributed by atoms with E-state index in [2.05, 4.69) is 33.9 Å². The van der Waals surface area contributed by atoms with Crippen molar-refractivity contribution in [2.24, 2.45) is 5.92 Å². The Morgan fingerprint density at radius 3 is 2.67 bits per heavy atom. The molecule has 1 N–H and O–H groups in total. The van der Waals surface area contributed by atoms with Gasteiger partial charge in [-0.3, -0.25) is 9.59 Å². The van der Waals surface area contributed by atoms with Gasteiger partial charge < -0.3 is 10.2 Å². The Balaban J connectivity index is 1.94. The smallest absolute Gasteiger partial charge is 0.255 e.